The van der Waals surface area contributed by atoms with E-state index in [-0.39, 0.29) is 11.2 Å². The van der Waals surface area contributed by atoms with Crippen LogP contribution >= 0.6 is 0 Å². The molecule has 7 heteroatoms. The fourth-order valence-electron chi connectivity index (χ4n) is 2.78. The van der Waals surface area contributed by atoms with Crippen LogP contribution in [0.5, 0.6) is 0 Å². The second-order valence-electron chi connectivity index (χ2n) is 5.77. The summed E-state index contributed by atoms with van der Waals surface area (Å²) in [4.78, 5) is 29.5. The molecule has 2 aromatic heterocycles. The Hall–Kier alpha value is -1.89. The van der Waals surface area contributed by atoms with E-state index in [1.54, 1.807) is 7.05 Å². The predicted molar refractivity (Wildman–Crippen MR) is 80.5 cm³/mol. The molecule has 0 bridgehead atoms. The summed E-state index contributed by atoms with van der Waals surface area (Å²) in [6.45, 7) is 0.970. The van der Waals surface area contributed by atoms with E-state index in [0.717, 1.165) is 31.5 Å². The molecule has 2 aromatic rings. The minimum atomic E-state index is -0.301. The van der Waals surface area contributed by atoms with E-state index in [1.165, 1.54) is 9.13 Å². The molecule has 0 radical (unpaired) electrons. The van der Waals surface area contributed by atoms with Crippen molar-refractivity contribution in [3.05, 3.63) is 26.7 Å². The maximum Gasteiger partial charge on any atom is 0.332 e. The zero-order chi connectivity index (χ0) is 15.1. The van der Waals surface area contributed by atoms with Gasteiger partial charge in [0, 0.05) is 26.6 Å². The Morgan fingerprint density at radius 2 is 1.90 bits per heavy atom. The summed E-state index contributed by atoms with van der Waals surface area (Å²) >= 11 is 0. The van der Waals surface area contributed by atoms with Crippen LogP contribution < -0.4 is 17.0 Å². The van der Waals surface area contributed by atoms with Crippen molar-refractivity contribution in [3.63, 3.8) is 0 Å². The van der Waals surface area contributed by atoms with Gasteiger partial charge < -0.3 is 10.3 Å². The van der Waals surface area contributed by atoms with Gasteiger partial charge in [-0.3, -0.25) is 13.9 Å². The third-order valence-electron chi connectivity index (χ3n) is 4.17. The number of aryl methyl sites for hydroxylation is 2. The molecule has 1 fully saturated rings. The lowest BCUT2D eigenvalue weighted by Crippen LogP contribution is -2.39. The van der Waals surface area contributed by atoms with E-state index in [9.17, 15) is 9.59 Å². The summed E-state index contributed by atoms with van der Waals surface area (Å²) in [5.74, 6) is 1.35. The van der Waals surface area contributed by atoms with E-state index in [2.05, 4.69) is 4.98 Å². The molecule has 0 amide bonds. The van der Waals surface area contributed by atoms with E-state index in [4.69, 9.17) is 5.73 Å². The lowest BCUT2D eigenvalue weighted by molar-refractivity contribution is 0.556. The maximum absolute atomic E-state index is 12.6. The molecule has 0 aliphatic heterocycles. The maximum atomic E-state index is 12.6. The second kappa shape index (κ2) is 5.14. The van der Waals surface area contributed by atoms with Crippen molar-refractivity contribution in [2.75, 3.05) is 6.54 Å². The third-order valence-corrected chi connectivity index (χ3v) is 4.17. The molecule has 114 valence electrons. The standard InChI is InChI=1S/C14H21N5O2/c1-17-10-12(16-11(17)9-5-6-9)18(2)14(21)19(13(10)20)8-4-3-7-15/h9H,3-8,15H2,1-2H3. The Morgan fingerprint density at radius 1 is 1.19 bits per heavy atom. The van der Waals surface area contributed by atoms with Crippen LogP contribution in [-0.4, -0.2) is 25.2 Å². The van der Waals surface area contributed by atoms with Crippen LogP contribution in [0.25, 0.3) is 11.2 Å². The van der Waals surface area contributed by atoms with E-state index in [1.807, 2.05) is 11.6 Å². The number of unbranched alkanes of at least 4 members (excludes halogenated alkanes) is 1. The number of rotatable bonds is 5. The Morgan fingerprint density at radius 3 is 2.52 bits per heavy atom. The monoisotopic (exact) mass is 291 g/mol. The molecule has 0 aromatic carbocycles. The predicted octanol–water partition coefficient (Wildman–Crippen LogP) is 0.0500. The van der Waals surface area contributed by atoms with Gasteiger partial charge in [-0.05, 0) is 32.2 Å². The first-order valence-corrected chi connectivity index (χ1v) is 7.42. The van der Waals surface area contributed by atoms with Crippen molar-refractivity contribution in [1.29, 1.82) is 0 Å². The molecule has 2 heterocycles. The van der Waals surface area contributed by atoms with Crippen molar-refractivity contribution in [3.8, 4) is 0 Å². The van der Waals surface area contributed by atoms with Crippen LogP contribution in [0.4, 0.5) is 0 Å². The van der Waals surface area contributed by atoms with Gasteiger partial charge in [-0.2, -0.15) is 0 Å². The van der Waals surface area contributed by atoms with Crippen LogP contribution in [-0.2, 0) is 20.6 Å². The van der Waals surface area contributed by atoms with E-state index >= 15 is 0 Å². The van der Waals surface area contributed by atoms with Gasteiger partial charge in [0.15, 0.2) is 11.2 Å². The largest absolute Gasteiger partial charge is 0.332 e. The fraction of sp³-hybridized carbons (Fsp3) is 0.643. The van der Waals surface area contributed by atoms with Crippen LogP contribution in [0.3, 0.4) is 0 Å². The van der Waals surface area contributed by atoms with E-state index < -0.39 is 0 Å². The molecule has 1 aliphatic carbocycles. The van der Waals surface area contributed by atoms with Gasteiger partial charge in [0.2, 0.25) is 0 Å². The van der Waals surface area contributed by atoms with Crippen molar-refractivity contribution in [1.82, 2.24) is 18.7 Å². The van der Waals surface area contributed by atoms with Gasteiger partial charge in [-0.1, -0.05) is 0 Å². The smallest absolute Gasteiger partial charge is 0.330 e. The van der Waals surface area contributed by atoms with Crippen molar-refractivity contribution in [2.45, 2.75) is 38.1 Å². The summed E-state index contributed by atoms with van der Waals surface area (Å²) in [5.41, 5.74) is 5.94. The summed E-state index contributed by atoms with van der Waals surface area (Å²) in [5, 5.41) is 0. The zero-order valence-electron chi connectivity index (χ0n) is 12.5. The first-order valence-electron chi connectivity index (χ1n) is 7.42. The minimum Gasteiger partial charge on any atom is -0.330 e. The summed E-state index contributed by atoms with van der Waals surface area (Å²) in [7, 11) is 3.53. The van der Waals surface area contributed by atoms with Crippen molar-refractivity contribution in [2.24, 2.45) is 19.8 Å². The van der Waals surface area contributed by atoms with Crippen molar-refractivity contribution >= 4 is 11.2 Å². The molecular weight excluding hydrogens is 270 g/mol. The normalized spacial score (nSPS) is 15.0. The molecule has 1 aliphatic rings. The molecule has 0 unspecified atom stereocenters. The molecule has 0 saturated heterocycles. The first kappa shape index (κ1) is 14.1. The van der Waals surface area contributed by atoms with Gasteiger partial charge in [-0.15, -0.1) is 0 Å². The number of fused-ring (bicyclic) bond motifs is 1. The number of nitrogens with zero attached hydrogens (tertiary/aromatic N) is 4. The Kier molecular flexibility index (Phi) is 3.44. The van der Waals surface area contributed by atoms with Crippen LogP contribution in [0, 0.1) is 0 Å². The van der Waals surface area contributed by atoms with Gasteiger partial charge >= 0.3 is 5.69 Å². The molecule has 0 spiro atoms. The highest BCUT2D eigenvalue weighted by Gasteiger charge is 2.30. The van der Waals surface area contributed by atoms with Gasteiger partial charge in [0.1, 0.15) is 5.82 Å². The Balaban J connectivity index is 2.19. The Bertz CT molecular complexity index is 794. The highest BCUT2D eigenvalue weighted by atomic mass is 16.2. The number of aromatic nitrogens is 4. The second-order valence-corrected chi connectivity index (χ2v) is 5.77. The molecule has 1 saturated carbocycles. The fourth-order valence-corrected chi connectivity index (χ4v) is 2.78. The summed E-state index contributed by atoms with van der Waals surface area (Å²) < 4.78 is 4.63. The number of hydrogen-bond donors (Lipinski definition) is 1. The Labute approximate surface area is 122 Å². The first-order chi connectivity index (χ1) is 10.1. The molecular formula is C14H21N5O2. The average Bonchev–Trinajstić information content (AvgIpc) is 3.24. The van der Waals surface area contributed by atoms with E-state index in [0.29, 0.717) is 30.2 Å². The lowest BCUT2D eigenvalue weighted by atomic mass is 10.3. The molecule has 0 atom stereocenters. The highest BCUT2D eigenvalue weighted by Crippen LogP contribution is 2.39. The van der Waals surface area contributed by atoms with Crippen LogP contribution in [0.1, 0.15) is 37.4 Å². The molecule has 3 rings (SSSR count). The summed E-state index contributed by atoms with van der Waals surface area (Å²) in [6, 6.07) is 0. The lowest BCUT2D eigenvalue weighted by Gasteiger charge is -2.08. The highest BCUT2D eigenvalue weighted by molar-refractivity contribution is 5.71. The van der Waals surface area contributed by atoms with Crippen LogP contribution in [0.2, 0.25) is 0 Å². The molecule has 7 nitrogen and oxygen atoms in total. The average molecular weight is 291 g/mol. The minimum absolute atomic E-state index is 0.243. The third kappa shape index (κ3) is 2.21. The quantitative estimate of drug-likeness (QED) is 0.788. The number of nitrogens with two attached hydrogens (primary N) is 1. The SMILES string of the molecule is Cn1c(C2CC2)nc2c1c(=O)n(CCCCN)c(=O)n2C. The topological polar surface area (TPSA) is 87.8 Å². The molecule has 21 heavy (non-hydrogen) atoms. The number of hydrogen-bond acceptors (Lipinski definition) is 4. The van der Waals surface area contributed by atoms with Gasteiger partial charge in [-0.25, -0.2) is 9.78 Å². The number of imidazole rings is 1. The van der Waals surface area contributed by atoms with Crippen LogP contribution in [0.15, 0.2) is 9.59 Å². The molecule has 2 N–H and O–H groups in total. The van der Waals surface area contributed by atoms with Crippen molar-refractivity contribution < 1.29 is 0 Å². The van der Waals surface area contributed by atoms with Gasteiger partial charge in [0.05, 0.1) is 0 Å². The van der Waals surface area contributed by atoms with Gasteiger partial charge in [0.25, 0.3) is 5.56 Å². The summed E-state index contributed by atoms with van der Waals surface area (Å²) in [6.07, 6.45) is 3.74. The zero-order valence-corrected chi connectivity index (χ0v) is 12.5.